The lowest BCUT2D eigenvalue weighted by atomic mass is 10.1. The van der Waals surface area contributed by atoms with Crippen LogP contribution >= 0.6 is 0 Å². The third-order valence-electron chi connectivity index (χ3n) is 3.05. The fraction of sp³-hybridized carbons (Fsp3) is 0.500. The van der Waals surface area contributed by atoms with E-state index >= 15 is 0 Å². The molecule has 86 valence electrons. The summed E-state index contributed by atoms with van der Waals surface area (Å²) in [7, 11) is 0. The zero-order valence-corrected chi connectivity index (χ0v) is 10.8. The molecule has 0 aliphatic heterocycles. The van der Waals surface area contributed by atoms with E-state index in [0.717, 1.165) is 5.52 Å². The summed E-state index contributed by atoms with van der Waals surface area (Å²) in [6.45, 7) is 10.9. The minimum Gasteiger partial charge on any atom is -0.360 e. The number of pyridine rings is 1. The molecule has 2 heteroatoms. The lowest BCUT2D eigenvalue weighted by molar-refractivity contribution is 0.829. The van der Waals surface area contributed by atoms with Crippen LogP contribution in [0.5, 0.6) is 0 Å². The first-order chi connectivity index (χ1) is 7.50. The average molecular weight is 216 g/mol. The van der Waals surface area contributed by atoms with Crippen LogP contribution in [-0.4, -0.2) is 9.97 Å². The van der Waals surface area contributed by atoms with E-state index in [0.29, 0.717) is 11.8 Å². The van der Waals surface area contributed by atoms with Crippen molar-refractivity contribution in [3.05, 3.63) is 29.2 Å². The highest BCUT2D eigenvalue weighted by atomic mass is 14.8. The number of H-pyrrole nitrogens is 1. The van der Waals surface area contributed by atoms with Crippen molar-refractivity contribution in [1.29, 1.82) is 0 Å². The Morgan fingerprint density at radius 1 is 1.06 bits per heavy atom. The molecule has 2 heterocycles. The van der Waals surface area contributed by atoms with Crippen molar-refractivity contribution < 1.29 is 0 Å². The first-order valence-corrected chi connectivity index (χ1v) is 5.99. The highest BCUT2D eigenvalue weighted by Gasteiger charge is 2.12. The molecule has 0 bridgehead atoms. The Balaban J connectivity index is 2.67. The minimum atomic E-state index is 0.487. The molecular formula is C14H20N2. The molecule has 16 heavy (non-hydrogen) atoms. The fourth-order valence-electron chi connectivity index (χ4n) is 2.08. The van der Waals surface area contributed by atoms with Gasteiger partial charge in [-0.2, -0.15) is 0 Å². The Morgan fingerprint density at radius 2 is 1.75 bits per heavy atom. The van der Waals surface area contributed by atoms with Gasteiger partial charge in [0.1, 0.15) is 0 Å². The zero-order valence-electron chi connectivity index (χ0n) is 10.8. The van der Waals surface area contributed by atoms with E-state index in [-0.39, 0.29) is 0 Å². The topological polar surface area (TPSA) is 28.7 Å². The maximum atomic E-state index is 4.75. The smallest absolute Gasteiger partial charge is 0.0912 e. The zero-order chi connectivity index (χ0) is 11.9. The fourth-order valence-corrected chi connectivity index (χ4v) is 2.08. The van der Waals surface area contributed by atoms with Gasteiger partial charge < -0.3 is 4.98 Å². The summed E-state index contributed by atoms with van der Waals surface area (Å²) in [5.41, 5.74) is 4.79. The molecular weight excluding hydrogens is 196 g/mol. The molecule has 0 fully saturated rings. The largest absolute Gasteiger partial charge is 0.360 e. The maximum absolute atomic E-state index is 4.75. The average Bonchev–Trinajstić information content (AvgIpc) is 2.56. The van der Waals surface area contributed by atoms with Crippen LogP contribution in [0.2, 0.25) is 0 Å². The molecule has 1 N–H and O–H groups in total. The second kappa shape index (κ2) is 3.93. The molecule has 0 aliphatic rings. The molecule has 2 aromatic heterocycles. The molecule has 0 saturated carbocycles. The van der Waals surface area contributed by atoms with Gasteiger partial charge in [-0.1, -0.05) is 27.7 Å². The number of rotatable bonds is 2. The Labute approximate surface area is 97.1 Å². The van der Waals surface area contributed by atoms with Gasteiger partial charge in [-0.05, 0) is 30.9 Å². The normalized spacial score (nSPS) is 11.9. The van der Waals surface area contributed by atoms with Crippen LogP contribution in [0.25, 0.3) is 10.9 Å². The summed E-state index contributed by atoms with van der Waals surface area (Å²) in [5.74, 6) is 1.00. The summed E-state index contributed by atoms with van der Waals surface area (Å²) in [6, 6.07) is 4.35. The Hall–Kier alpha value is -1.31. The lowest BCUT2D eigenvalue weighted by Crippen LogP contribution is -1.92. The molecule has 0 atom stereocenters. The van der Waals surface area contributed by atoms with Crippen molar-refractivity contribution in [2.24, 2.45) is 0 Å². The second-order valence-corrected chi connectivity index (χ2v) is 5.11. The quantitative estimate of drug-likeness (QED) is 0.803. The van der Waals surface area contributed by atoms with Gasteiger partial charge in [0.15, 0.2) is 0 Å². The summed E-state index contributed by atoms with van der Waals surface area (Å²) in [6.07, 6.45) is 0. The van der Waals surface area contributed by atoms with Crippen LogP contribution in [0.1, 0.15) is 56.6 Å². The van der Waals surface area contributed by atoms with Crippen LogP contribution in [0.4, 0.5) is 0 Å². The monoisotopic (exact) mass is 216 g/mol. The van der Waals surface area contributed by atoms with Gasteiger partial charge in [0, 0.05) is 22.5 Å². The van der Waals surface area contributed by atoms with E-state index in [1.165, 1.54) is 22.5 Å². The van der Waals surface area contributed by atoms with Crippen molar-refractivity contribution >= 4 is 10.9 Å². The molecule has 0 aliphatic carbocycles. The first kappa shape index (κ1) is 11.2. The maximum Gasteiger partial charge on any atom is 0.0912 e. The van der Waals surface area contributed by atoms with Crippen molar-refractivity contribution in [1.82, 2.24) is 9.97 Å². The van der Waals surface area contributed by atoms with Crippen LogP contribution in [-0.2, 0) is 0 Å². The second-order valence-electron chi connectivity index (χ2n) is 5.11. The van der Waals surface area contributed by atoms with Crippen molar-refractivity contribution in [3.8, 4) is 0 Å². The predicted octanol–water partition coefficient (Wildman–Crippen LogP) is 4.12. The van der Waals surface area contributed by atoms with Crippen LogP contribution < -0.4 is 0 Å². The van der Waals surface area contributed by atoms with E-state index in [1.807, 2.05) is 0 Å². The van der Waals surface area contributed by atoms with Gasteiger partial charge in [-0.3, -0.25) is 4.98 Å². The Kier molecular flexibility index (Phi) is 2.75. The number of aromatic amines is 1. The van der Waals surface area contributed by atoms with E-state index in [4.69, 9.17) is 4.98 Å². The molecule has 0 spiro atoms. The molecule has 2 rings (SSSR count). The molecule has 2 aromatic rings. The van der Waals surface area contributed by atoms with Gasteiger partial charge in [-0.25, -0.2) is 0 Å². The Morgan fingerprint density at radius 3 is 2.31 bits per heavy atom. The molecule has 0 saturated heterocycles. The number of nitrogens with one attached hydrogen (secondary N) is 1. The number of aromatic nitrogens is 2. The molecule has 0 unspecified atom stereocenters. The van der Waals surface area contributed by atoms with Crippen molar-refractivity contribution in [3.63, 3.8) is 0 Å². The van der Waals surface area contributed by atoms with Gasteiger partial charge in [0.05, 0.1) is 5.52 Å². The Bertz CT molecular complexity index is 507. The third kappa shape index (κ3) is 1.73. The SMILES string of the molecule is Cc1[nH]c(C(C)C)c2ccc(C(C)C)nc12. The van der Waals surface area contributed by atoms with Crippen LogP contribution in [0.15, 0.2) is 12.1 Å². The predicted molar refractivity (Wildman–Crippen MR) is 69.0 cm³/mol. The van der Waals surface area contributed by atoms with E-state index in [1.54, 1.807) is 0 Å². The van der Waals surface area contributed by atoms with Crippen LogP contribution in [0, 0.1) is 6.92 Å². The summed E-state index contributed by atoms with van der Waals surface area (Å²) in [5, 5.41) is 1.27. The van der Waals surface area contributed by atoms with E-state index < -0.39 is 0 Å². The number of nitrogens with zero attached hydrogens (tertiary/aromatic N) is 1. The minimum absolute atomic E-state index is 0.487. The van der Waals surface area contributed by atoms with Gasteiger partial charge >= 0.3 is 0 Å². The number of fused-ring (bicyclic) bond motifs is 1. The molecule has 0 aromatic carbocycles. The first-order valence-electron chi connectivity index (χ1n) is 5.99. The molecule has 0 amide bonds. The molecule has 2 nitrogen and oxygen atoms in total. The summed E-state index contributed by atoms with van der Waals surface area (Å²) < 4.78 is 0. The lowest BCUT2D eigenvalue weighted by Gasteiger charge is -2.05. The highest BCUT2D eigenvalue weighted by Crippen LogP contribution is 2.27. The van der Waals surface area contributed by atoms with Gasteiger partial charge in [0.25, 0.3) is 0 Å². The van der Waals surface area contributed by atoms with E-state index in [9.17, 15) is 0 Å². The van der Waals surface area contributed by atoms with Crippen LogP contribution in [0.3, 0.4) is 0 Å². The summed E-state index contributed by atoms with van der Waals surface area (Å²) in [4.78, 5) is 8.20. The highest BCUT2D eigenvalue weighted by molar-refractivity contribution is 5.85. The third-order valence-corrected chi connectivity index (χ3v) is 3.05. The number of aryl methyl sites for hydroxylation is 1. The standard InChI is InChI=1S/C14H20N2/c1-8(2)12-7-6-11-13(9(3)4)15-10(5)14(11)16-12/h6-9,15H,1-5H3. The van der Waals surface area contributed by atoms with Crippen molar-refractivity contribution in [2.45, 2.75) is 46.5 Å². The van der Waals surface area contributed by atoms with E-state index in [2.05, 4.69) is 51.7 Å². The number of hydrogen-bond donors (Lipinski definition) is 1. The number of hydrogen-bond acceptors (Lipinski definition) is 1. The van der Waals surface area contributed by atoms with Gasteiger partial charge in [-0.15, -0.1) is 0 Å². The van der Waals surface area contributed by atoms with Gasteiger partial charge in [0.2, 0.25) is 0 Å². The van der Waals surface area contributed by atoms with Crippen molar-refractivity contribution in [2.75, 3.05) is 0 Å². The molecule has 0 radical (unpaired) electrons. The summed E-state index contributed by atoms with van der Waals surface area (Å²) >= 11 is 0.